The van der Waals surface area contributed by atoms with E-state index < -0.39 is 0 Å². The van der Waals surface area contributed by atoms with Gasteiger partial charge in [-0.1, -0.05) is 11.6 Å². The van der Waals surface area contributed by atoms with Crippen LogP contribution in [0.5, 0.6) is 5.75 Å². The number of aromatic hydroxyl groups is 1. The maximum Gasteiger partial charge on any atom is 0.158 e. The first-order valence-electron chi connectivity index (χ1n) is 4.83. The first kappa shape index (κ1) is 9.00. The summed E-state index contributed by atoms with van der Waals surface area (Å²) in [5.74, 6) is 1.49. The van der Waals surface area contributed by atoms with E-state index in [1.165, 1.54) is 0 Å². The topological polar surface area (TPSA) is 49.6 Å². The molecule has 2 N–H and O–H groups in total. The number of pyridine rings is 1. The van der Waals surface area contributed by atoms with E-state index in [1.807, 2.05) is 10.6 Å². The molecule has 15 heavy (non-hydrogen) atoms. The van der Waals surface area contributed by atoms with Gasteiger partial charge in [-0.05, 0) is 12.1 Å². The van der Waals surface area contributed by atoms with E-state index in [-0.39, 0.29) is 5.75 Å². The van der Waals surface area contributed by atoms with Crippen molar-refractivity contribution in [2.24, 2.45) is 0 Å². The lowest BCUT2D eigenvalue weighted by molar-refractivity contribution is 0.428. The lowest BCUT2D eigenvalue weighted by atomic mass is 10.0. The van der Waals surface area contributed by atoms with Gasteiger partial charge in [0.2, 0.25) is 0 Å². The van der Waals surface area contributed by atoms with Crippen LogP contribution >= 0.6 is 11.6 Å². The van der Waals surface area contributed by atoms with Gasteiger partial charge in [0.05, 0.1) is 0 Å². The molecule has 2 aromatic rings. The number of fused-ring (bicyclic) bond motifs is 1. The van der Waals surface area contributed by atoms with Gasteiger partial charge in [0.1, 0.15) is 17.1 Å². The number of hydrogen-bond donors (Lipinski definition) is 2. The van der Waals surface area contributed by atoms with Gasteiger partial charge in [0, 0.05) is 25.2 Å². The van der Waals surface area contributed by atoms with Crippen molar-refractivity contribution < 1.29 is 5.11 Å². The highest BCUT2D eigenvalue weighted by Crippen LogP contribution is 2.30. The lowest BCUT2D eigenvalue weighted by Gasteiger charge is -2.25. The summed E-state index contributed by atoms with van der Waals surface area (Å²) in [7, 11) is 0. The number of hydrogen-bond acceptors (Lipinski definition) is 3. The third kappa shape index (κ3) is 1.22. The summed E-state index contributed by atoms with van der Waals surface area (Å²) in [6.45, 7) is 1.84. The monoisotopic (exact) mass is 223 g/mol. The molecule has 78 valence electrons. The van der Waals surface area contributed by atoms with Crippen molar-refractivity contribution in [2.45, 2.75) is 5.92 Å². The van der Waals surface area contributed by atoms with E-state index in [4.69, 9.17) is 11.6 Å². The molecule has 0 aromatic carbocycles. The van der Waals surface area contributed by atoms with Gasteiger partial charge in [-0.3, -0.25) is 4.40 Å². The highest BCUT2D eigenvalue weighted by Gasteiger charge is 2.25. The summed E-state index contributed by atoms with van der Waals surface area (Å²) < 4.78 is 1.86. The smallest absolute Gasteiger partial charge is 0.158 e. The highest BCUT2D eigenvalue weighted by molar-refractivity contribution is 6.33. The summed E-state index contributed by atoms with van der Waals surface area (Å²) >= 11 is 6.00. The molecule has 3 rings (SSSR count). The molecule has 5 heteroatoms. The molecular formula is C10H10ClN3O. The van der Waals surface area contributed by atoms with Gasteiger partial charge < -0.3 is 10.4 Å². The Morgan fingerprint density at radius 1 is 1.53 bits per heavy atom. The van der Waals surface area contributed by atoms with Crippen molar-refractivity contribution >= 4 is 17.1 Å². The fraction of sp³-hybridized carbons (Fsp3) is 0.300. The maximum atomic E-state index is 9.68. The van der Waals surface area contributed by atoms with Crippen LogP contribution in [0.15, 0.2) is 18.3 Å². The Morgan fingerprint density at radius 2 is 2.33 bits per heavy atom. The number of aromatic nitrogens is 2. The summed E-state index contributed by atoms with van der Waals surface area (Å²) in [5, 5.41) is 13.2. The van der Waals surface area contributed by atoms with Crippen LogP contribution in [0.2, 0.25) is 5.15 Å². The molecule has 1 aliphatic heterocycles. The van der Waals surface area contributed by atoms with Gasteiger partial charge >= 0.3 is 0 Å². The second-order valence-corrected chi connectivity index (χ2v) is 4.09. The third-order valence-corrected chi connectivity index (χ3v) is 3.04. The minimum atomic E-state index is 0.175. The molecule has 2 aromatic heterocycles. The van der Waals surface area contributed by atoms with Crippen molar-refractivity contribution in [1.29, 1.82) is 0 Å². The predicted octanol–water partition coefficient (Wildman–Crippen LogP) is 1.38. The van der Waals surface area contributed by atoms with Crippen LogP contribution in [0.25, 0.3) is 5.52 Å². The van der Waals surface area contributed by atoms with E-state index in [0.29, 0.717) is 16.6 Å². The first-order chi connectivity index (χ1) is 7.27. The summed E-state index contributed by atoms with van der Waals surface area (Å²) in [6, 6.07) is 3.40. The fourth-order valence-corrected chi connectivity index (χ4v) is 2.13. The lowest BCUT2D eigenvalue weighted by Crippen LogP contribution is -2.40. The molecule has 0 amide bonds. The summed E-state index contributed by atoms with van der Waals surface area (Å²) in [5.41, 5.74) is 0.598. The van der Waals surface area contributed by atoms with E-state index in [0.717, 1.165) is 18.9 Å². The van der Waals surface area contributed by atoms with Crippen LogP contribution in [0, 0.1) is 0 Å². The molecule has 0 radical (unpaired) electrons. The average molecular weight is 224 g/mol. The molecule has 1 fully saturated rings. The minimum absolute atomic E-state index is 0.175. The van der Waals surface area contributed by atoms with Crippen molar-refractivity contribution in [3.8, 4) is 5.75 Å². The summed E-state index contributed by atoms with van der Waals surface area (Å²) in [4.78, 5) is 4.30. The Bertz CT molecular complexity index is 519. The molecule has 0 spiro atoms. The molecule has 0 bridgehead atoms. The SMILES string of the molecule is Oc1cccn2c(C3CNC3)nc(Cl)c12. The van der Waals surface area contributed by atoms with Crippen molar-refractivity contribution in [1.82, 2.24) is 14.7 Å². The predicted molar refractivity (Wildman–Crippen MR) is 57.5 cm³/mol. The average Bonchev–Trinajstić information content (AvgIpc) is 2.43. The zero-order chi connectivity index (χ0) is 10.4. The number of nitrogens with one attached hydrogen (secondary N) is 1. The number of nitrogens with zero attached hydrogens (tertiary/aromatic N) is 2. The molecule has 0 atom stereocenters. The van der Waals surface area contributed by atoms with E-state index >= 15 is 0 Å². The second kappa shape index (κ2) is 3.12. The number of imidazole rings is 1. The zero-order valence-corrected chi connectivity index (χ0v) is 8.70. The van der Waals surface area contributed by atoms with Crippen molar-refractivity contribution in [3.05, 3.63) is 29.3 Å². The van der Waals surface area contributed by atoms with Gasteiger partial charge in [0.25, 0.3) is 0 Å². The van der Waals surface area contributed by atoms with Gasteiger partial charge in [-0.2, -0.15) is 0 Å². The highest BCUT2D eigenvalue weighted by atomic mass is 35.5. The van der Waals surface area contributed by atoms with E-state index in [2.05, 4.69) is 10.3 Å². The van der Waals surface area contributed by atoms with Crippen LogP contribution in [0.1, 0.15) is 11.7 Å². The number of halogens is 1. The first-order valence-corrected chi connectivity index (χ1v) is 5.21. The van der Waals surface area contributed by atoms with Gasteiger partial charge in [-0.15, -0.1) is 0 Å². The minimum Gasteiger partial charge on any atom is -0.506 e. The van der Waals surface area contributed by atoms with Crippen LogP contribution < -0.4 is 5.32 Å². The number of rotatable bonds is 1. The van der Waals surface area contributed by atoms with Crippen molar-refractivity contribution in [2.75, 3.05) is 13.1 Å². The van der Waals surface area contributed by atoms with Crippen LogP contribution in [-0.2, 0) is 0 Å². The van der Waals surface area contributed by atoms with Gasteiger partial charge in [-0.25, -0.2) is 4.98 Å². The fourth-order valence-electron chi connectivity index (χ4n) is 1.86. The van der Waals surface area contributed by atoms with E-state index in [1.54, 1.807) is 12.1 Å². The zero-order valence-electron chi connectivity index (χ0n) is 7.94. The molecule has 0 aliphatic carbocycles. The van der Waals surface area contributed by atoms with Gasteiger partial charge in [0.15, 0.2) is 5.15 Å². The normalized spacial score (nSPS) is 16.9. The second-order valence-electron chi connectivity index (χ2n) is 3.73. The largest absolute Gasteiger partial charge is 0.506 e. The summed E-state index contributed by atoms with van der Waals surface area (Å²) in [6.07, 6.45) is 1.88. The Kier molecular flexibility index (Phi) is 1.87. The Balaban J connectivity index is 2.27. The quantitative estimate of drug-likeness (QED) is 0.768. The Labute approximate surface area is 91.5 Å². The molecule has 1 aliphatic rings. The third-order valence-electron chi connectivity index (χ3n) is 2.77. The standard InChI is InChI=1S/C10H10ClN3O/c11-9-8-7(15)2-1-3-14(8)10(13-9)6-4-12-5-6/h1-3,6,12,15H,4-5H2. The van der Waals surface area contributed by atoms with Crippen LogP contribution in [0.4, 0.5) is 0 Å². The van der Waals surface area contributed by atoms with Crippen LogP contribution in [-0.4, -0.2) is 27.6 Å². The molecule has 0 unspecified atom stereocenters. The molecule has 1 saturated heterocycles. The molecule has 3 heterocycles. The van der Waals surface area contributed by atoms with Crippen LogP contribution in [0.3, 0.4) is 0 Å². The molecule has 4 nitrogen and oxygen atoms in total. The Morgan fingerprint density at radius 3 is 3.00 bits per heavy atom. The molecular weight excluding hydrogens is 214 g/mol. The van der Waals surface area contributed by atoms with E-state index in [9.17, 15) is 5.11 Å². The Hall–Kier alpha value is -1.26. The maximum absolute atomic E-state index is 9.68. The van der Waals surface area contributed by atoms with Crippen molar-refractivity contribution in [3.63, 3.8) is 0 Å². The molecule has 0 saturated carbocycles.